The molecule has 1 rings (SSSR count). The monoisotopic (exact) mass is 199 g/mol. The van der Waals surface area contributed by atoms with Crippen LogP contribution in [0, 0.1) is 6.92 Å². The van der Waals surface area contributed by atoms with E-state index in [-0.39, 0.29) is 0 Å². The van der Waals surface area contributed by atoms with Crippen LogP contribution in [0.3, 0.4) is 0 Å². The molecule has 0 radical (unpaired) electrons. The van der Waals surface area contributed by atoms with Gasteiger partial charge in [-0.2, -0.15) is 0 Å². The van der Waals surface area contributed by atoms with Crippen molar-refractivity contribution in [3.05, 3.63) is 35.4 Å². The van der Waals surface area contributed by atoms with E-state index in [0.29, 0.717) is 5.56 Å². The molecule has 1 aromatic rings. The zero-order valence-corrected chi connectivity index (χ0v) is 8.64. The Morgan fingerprint density at radius 3 is 2.07 bits per heavy atom. The van der Waals surface area contributed by atoms with Gasteiger partial charge in [-0.25, -0.2) is 8.78 Å². The van der Waals surface area contributed by atoms with Crippen molar-refractivity contribution in [1.82, 2.24) is 5.32 Å². The van der Waals surface area contributed by atoms with Crippen molar-refractivity contribution in [3.63, 3.8) is 0 Å². The largest absolute Gasteiger partial charge is 0.306 e. The highest BCUT2D eigenvalue weighted by Crippen LogP contribution is 2.27. The molecule has 1 atom stereocenters. The third-order valence-corrected chi connectivity index (χ3v) is 2.61. The molecule has 1 aromatic carbocycles. The summed E-state index contributed by atoms with van der Waals surface area (Å²) in [6, 6.07) is 7.15. The molecule has 1 nitrogen and oxygen atoms in total. The van der Waals surface area contributed by atoms with Crippen LogP contribution in [0.25, 0.3) is 0 Å². The molecule has 0 saturated heterocycles. The number of benzene rings is 1. The molecule has 3 heteroatoms. The lowest BCUT2D eigenvalue weighted by atomic mass is 9.92. The average molecular weight is 199 g/mol. The van der Waals surface area contributed by atoms with Gasteiger partial charge in [0, 0.05) is 0 Å². The molecule has 0 amide bonds. The van der Waals surface area contributed by atoms with Crippen molar-refractivity contribution in [2.45, 2.75) is 25.8 Å². The highest BCUT2D eigenvalue weighted by Gasteiger charge is 2.34. The van der Waals surface area contributed by atoms with E-state index in [1.807, 2.05) is 19.1 Å². The standard InChI is InChI=1S/C11H15F2N/c1-8-4-6-9(7-5-8)11(2,14-3)10(12)13/h4-7,10,14H,1-3H3. The van der Waals surface area contributed by atoms with Crippen LogP contribution >= 0.6 is 0 Å². The van der Waals surface area contributed by atoms with Gasteiger partial charge < -0.3 is 5.32 Å². The van der Waals surface area contributed by atoms with Crippen molar-refractivity contribution >= 4 is 0 Å². The van der Waals surface area contributed by atoms with Crippen molar-refractivity contribution in [2.24, 2.45) is 0 Å². The maximum Gasteiger partial charge on any atom is 0.260 e. The van der Waals surface area contributed by atoms with E-state index >= 15 is 0 Å². The quantitative estimate of drug-likeness (QED) is 0.789. The molecule has 78 valence electrons. The van der Waals surface area contributed by atoms with Gasteiger partial charge >= 0.3 is 0 Å². The highest BCUT2D eigenvalue weighted by atomic mass is 19.3. The molecular weight excluding hydrogens is 184 g/mol. The van der Waals surface area contributed by atoms with Crippen molar-refractivity contribution in [1.29, 1.82) is 0 Å². The fourth-order valence-electron chi connectivity index (χ4n) is 1.28. The number of hydrogen-bond acceptors (Lipinski definition) is 1. The number of nitrogens with one attached hydrogen (secondary N) is 1. The second-order valence-corrected chi connectivity index (χ2v) is 3.62. The summed E-state index contributed by atoms with van der Waals surface area (Å²) in [5, 5.41) is 2.66. The highest BCUT2D eigenvalue weighted by molar-refractivity contribution is 5.28. The number of aryl methyl sites for hydroxylation is 1. The van der Waals surface area contributed by atoms with E-state index < -0.39 is 12.0 Å². The lowest BCUT2D eigenvalue weighted by Gasteiger charge is -2.28. The normalized spacial score (nSPS) is 15.6. The molecule has 0 aliphatic carbocycles. The lowest BCUT2D eigenvalue weighted by molar-refractivity contribution is 0.0432. The van der Waals surface area contributed by atoms with Gasteiger partial charge in [0.2, 0.25) is 0 Å². The zero-order valence-electron chi connectivity index (χ0n) is 8.64. The van der Waals surface area contributed by atoms with Crippen LogP contribution < -0.4 is 5.32 Å². The number of halogens is 2. The van der Waals surface area contributed by atoms with Crippen LogP contribution in [0.2, 0.25) is 0 Å². The Morgan fingerprint density at radius 1 is 1.21 bits per heavy atom. The first-order valence-corrected chi connectivity index (χ1v) is 4.55. The Balaban J connectivity index is 3.06. The molecule has 0 aliphatic rings. The molecule has 1 unspecified atom stereocenters. The van der Waals surface area contributed by atoms with E-state index in [0.717, 1.165) is 5.56 Å². The molecule has 0 aliphatic heterocycles. The Morgan fingerprint density at radius 2 is 1.71 bits per heavy atom. The van der Waals surface area contributed by atoms with E-state index in [9.17, 15) is 8.78 Å². The first-order valence-electron chi connectivity index (χ1n) is 4.55. The van der Waals surface area contributed by atoms with Crippen molar-refractivity contribution in [3.8, 4) is 0 Å². The Labute approximate surface area is 83.1 Å². The van der Waals surface area contributed by atoms with Crippen molar-refractivity contribution in [2.75, 3.05) is 7.05 Å². The van der Waals surface area contributed by atoms with Gasteiger partial charge in [-0.3, -0.25) is 0 Å². The summed E-state index contributed by atoms with van der Waals surface area (Å²) in [4.78, 5) is 0. The molecular formula is C11H15F2N. The van der Waals surface area contributed by atoms with Gasteiger partial charge in [-0.05, 0) is 26.5 Å². The van der Waals surface area contributed by atoms with Crippen molar-refractivity contribution < 1.29 is 8.78 Å². The van der Waals surface area contributed by atoms with Crippen LogP contribution in [-0.4, -0.2) is 13.5 Å². The number of alkyl halides is 2. The second-order valence-electron chi connectivity index (χ2n) is 3.62. The Kier molecular flexibility index (Phi) is 3.21. The van der Waals surface area contributed by atoms with Crippen LogP contribution in [0.1, 0.15) is 18.1 Å². The maximum atomic E-state index is 12.8. The predicted molar refractivity (Wildman–Crippen MR) is 53.6 cm³/mol. The molecule has 14 heavy (non-hydrogen) atoms. The van der Waals surface area contributed by atoms with Gasteiger partial charge in [0.1, 0.15) is 5.54 Å². The van der Waals surface area contributed by atoms with Crippen LogP contribution in [0.5, 0.6) is 0 Å². The van der Waals surface area contributed by atoms with Gasteiger partial charge in [0.15, 0.2) is 0 Å². The van der Waals surface area contributed by atoms with E-state index in [1.54, 1.807) is 19.2 Å². The van der Waals surface area contributed by atoms with Gasteiger partial charge in [0.25, 0.3) is 6.43 Å². The Hall–Kier alpha value is -0.960. The third kappa shape index (κ3) is 1.93. The summed E-state index contributed by atoms with van der Waals surface area (Å²) in [5.74, 6) is 0. The summed E-state index contributed by atoms with van der Waals surface area (Å²) in [6.45, 7) is 3.44. The molecule has 0 fully saturated rings. The predicted octanol–water partition coefficient (Wildman–Crippen LogP) is 2.69. The minimum absolute atomic E-state index is 0.612. The zero-order chi connectivity index (χ0) is 10.8. The molecule has 0 aromatic heterocycles. The number of hydrogen-bond donors (Lipinski definition) is 1. The summed E-state index contributed by atoms with van der Waals surface area (Å²) < 4.78 is 25.6. The second kappa shape index (κ2) is 4.05. The average Bonchev–Trinajstić information content (AvgIpc) is 2.17. The number of rotatable bonds is 3. The first-order chi connectivity index (χ1) is 6.50. The summed E-state index contributed by atoms with van der Waals surface area (Å²) >= 11 is 0. The van der Waals surface area contributed by atoms with Crippen LogP contribution in [0.15, 0.2) is 24.3 Å². The molecule has 0 heterocycles. The Bertz CT molecular complexity index is 295. The minimum Gasteiger partial charge on any atom is -0.306 e. The van der Waals surface area contributed by atoms with E-state index in [2.05, 4.69) is 5.32 Å². The SMILES string of the molecule is CNC(C)(c1ccc(C)cc1)C(F)F. The molecule has 0 spiro atoms. The van der Waals surface area contributed by atoms with E-state index in [1.165, 1.54) is 6.92 Å². The molecule has 0 saturated carbocycles. The first kappa shape index (κ1) is 11.1. The van der Waals surface area contributed by atoms with Crippen LogP contribution in [-0.2, 0) is 5.54 Å². The van der Waals surface area contributed by atoms with Gasteiger partial charge in [-0.15, -0.1) is 0 Å². The van der Waals surface area contributed by atoms with Gasteiger partial charge in [0.05, 0.1) is 0 Å². The summed E-state index contributed by atoms with van der Waals surface area (Å²) in [6.07, 6.45) is -2.42. The van der Waals surface area contributed by atoms with Crippen LogP contribution in [0.4, 0.5) is 8.78 Å². The summed E-state index contributed by atoms with van der Waals surface area (Å²) in [7, 11) is 1.55. The smallest absolute Gasteiger partial charge is 0.260 e. The fourth-order valence-corrected chi connectivity index (χ4v) is 1.28. The fraction of sp³-hybridized carbons (Fsp3) is 0.455. The summed E-state index contributed by atoms with van der Waals surface area (Å²) in [5.41, 5.74) is 0.426. The van der Waals surface area contributed by atoms with Gasteiger partial charge in [-0.1, -0.05) is 29.8 Å². The third-order valence-electron chi connectivity index (χ3n) is 2.61. The molecule has 0 bridgehead atoms. The minimum atomic E-state index is -2.42. The molecule has 1 N–H and O–H groups in total. The topological polar surface area (TPSA) is 12.0 Å². The maximum absolute atomic E-state index is 12.8. The van der Waals surface area contributed by atoms with E-state index in [4.69, 9.17) is 0 Å². The lowest BCUT2D eigenvalue weighted by Crippen LogP contribution is -2.43.